The summed E-state index contributed by atoms with van der Waals surface area (Å²) in [6, 6.07) is 14.9. The maximum absolute atomic E-state index is 13.1. The second-order valence-corrected chi connectivity index (χ2v) is 8.52. The number of thiophene rings is 1. The van der Waals surface area contributed by atoms with Gasteiger partial charge in [-0.3, -0.25) is 4.79 Å². The molecule has 5 aromatic rings. The van der Waals surface area contributed by atoms with Crippen molar-refractivity contribution in [3.8, 4) is 11.4 Å². The zero-order chi connectivity index (χ0) is 20.8. The second-order valence-electron chi connectivity index (χ2n) is 6.71. The Balaban J connectivity index is 1.68. The fraction of sp³-hybridized carbons (Fsp3) is 0.0952. The monoisotopic (exact) mass is 453 g/mol. The zero-order valence-corrected chi connectivity index (χ0v) is 18.0. The van der Waals surface area contributed by atoms with Crippen molar-refractivity contribution in [2.24, 2.45) is 0 Å². The normalized spacial score (nSPS) is 11.4. The molecule has 0 spiro atoms. The standard InChI is InChI=1S/C21H13Cl2N5OS/c1-11-16-17-18(30-20(16)25-19(24-11)12-6-3-2-4-7-12)21(29)28(27-26-17)10-13-14(22)8-5-9-15(13)23/h2-9H,10H2,1H3. The van der Waals surface area contributed by atoms with Gasteiger partial charge in [0.25, 0.3) is 5.56 Å². The summed E-state index contributed by atoms with van der Waals surface area (Å²) >= 11 is 13.8. The molecule has 0 N–H and O–H groups in total. The average molecular weight is 454 g/mol. The van der Waals surface area contributed by atoms with Crippen molar-refractivity contribution in [1.29, 1.82) is 0 Å². The fourth-order valence-corrected chi connectivity index (χ4v) is 4.92. The number of aryl methyl sites for hydroxylation is 1. The minimum atomic E-state index is -0.264. The molecular formula is C21H13Cl2N5OS. The van der Waals surface area contributed by atoms with Crippen LogP contribution in [0.3, 0.4) is 0 Å². The lowest BCUT2D eigenvalue weighted by Crippen LogP contribution is -2.24. The number of hydrogen-bond acceptors (Lipinski definition) is 6. The van der Waals surface area contributed by atoms with Crippen molar-refractivity contribution in [1.82, 2.24) is 25.0 Å². The summed E-state index contributed by atoms with van der Waals surface area (Å²) in [4.78, 5) is 23.1. The summed E-state index contributed by atoms with van der Waals surface area (Å²) in [7, 11) is 0. The van der Waals surface area contributed by atoms with Gasteiger partial charge in [0.05, 0.1) is 17.6 Å². The van der Waals surface area contributed by atoms with Crippen LogP contribution in [-0.2, 0) is 6.54 Å². The maximum Gasteiger partial charge on any atom is 0.288 e. The van der Waals surface area contributed by atoms with E-state index in [-0.39, 0.29) is 12.1 Å². The molecule has 30 heavy (non-hydrogen) atoms. The third-order valence-corrected chi connectivity index (χ3v) is 6.56. The van der Waals surface area contributed by atoms with Gasteiger partial charge in [-0.05, 0) is 19.1 Å². The smallest absolute Gasteiger partial charge is 0.266 e. The van der Waals surface area contributed by atoms with Crippen molar-refractivity contribution in [2.45, 2.75) is 13.5 Å². The van der Waals surface area contributed by atoms with Crippen LogP contribution in [0, 0.1) is 6.92 Å². The van der Waals surface area contributed by atoms with Crippen LogP contribution in [0.15, 0.2) is 53.3 Å². The number of benzene rings is 2. The number of rotatable bonds is 3. The molecule has 0 aliphatic heterocycles. The highest BCUT2D eigenvalue weighted by Gasteiger charge is 2.18. The van der Waals surface area contributed by atoms with Gasteiger partial charge in [0.15, 0.2) is 5.82 Å². The van der Waals surface area contributed by atoms with Crippen LogP contribution < -0.4 is 5.56 Å². The van der Waals surface area contributed by atoms with E-state index in [1.165, 1.54) is 16.0 Å². The Labute approximate surface area is 184 Å². The van der Waals surface area contributed by atoms with Crippen LogP contribution >= 0.6 is 34.5 Å². The zero-order valence-electron chi connectivity index (χ0n) is 15.6. The Bertz CT molecular complexity index is 1460. The molecule has 2 aromatic carbocycles. The Morgan fingerprint density at radius 2 is 1.73 bits per heavy atom. The number of halogens is 2. The molecule has 0 saturated carbocycles. The van der Waals surface area contributed by atoms with Crippen LogP contribution in [-0.4, -0.2) is 25.0 Å². The molecule has 3 heterocycles. The maximum atomic E-state index is 13.1. The molecule has 148 valence electrons. The highest BCUT2D eigenvalue weighted by atomic mass is 35.5. The molecule has 3 aromatic heterocycles. The van der Waals surface area contributed by atoms with Crippen molar-refractivity contribution in [2.75, 3.05) is 0 Å². The summed E-state index contributed by atoms with van der Waals surface area (Å²) in [6.07, 6.45) is 0. The predicted octanol–water partition coefficient (Wildman–Crippen LogP) is 5.13. The molecule has 0 radical (unpaired) electrons. The summed E-state index contributed by atoms with van der Waals surface area (Å²) < 4.78 is 1.75. The Kier molecular flexibility index (Phi) is 4.73. The second kappa shape index (κ2) is 7.43. The lowest BCUT2D eigenvalue weighted by atomic mass is 10.2. The first kappa shape index (κ1) is 19.1. The fourth-order valence-electron chi connectivity index (χ4n) is 3.30. The van der Waals surface area contributed by atoms with Crippen molar-refractivity contribution < 1.29 is 0 Å². The first-order valence-corrected chi connectivity index (χ1v) is 10.6. The minimum absolute atomic E-state index is 0.133. The quantitative estimate of drug-likeness (QED) is 0.378. The lowest BCUT2D eigenvalue weighted by Gasteiger charge is -2.07. The minimum Gasteiger partial charge on any atom is -0.266 e. The van der Waals surface area contributed by atoms with Gasteiger partial charge in [0.2, 0.25) is 0 Å². The summed E-state index contributed by atoms with van der Waals surface area (Å²) in [5.74, 6) is 0.614. The van der Waals surface area contributed by atoms with Gasteiger partial charge in [-0.2, -0.15) is 0 Å². The molecule has 0 unspecified atom stereocenters. The van der Waals surface area contributed by atoms with E-state index in [1.807, 2.05) is 37.3 Å². The summed E-state index contributed by atoms with van der Waals surface area (Å²) in [6.45, 7) is 2.02. The number of aromatic nitrogens is 5. The van der Waals surface area contributed by atoms with E-state index >= 15 is 0 Å². The van der Waals surface area contributed by atoms with E-state index in [4.69, 9.17) is 23.2 Å². The van der Waals surface area contributed by atoms with Crippen molar-refractivity contribution >= 4 is 55.0 Å². The van der Waals surface area contributed by atoms with E-state index in [9.17, 15) is 4.79 Å². The highest BCUT2D eigenvalue weighted by Crippen LogP contribution is 2.32. The molecule has 6 nitrogen and oxygen atoms in total. The number of fused-ring (bicyclic) bond motifs is 3. The SMILES string of the molecule is Cc1nc(-c2ccccc2)nc2sc3c(=O)n(Cc4c(Cl)cccc4Cl)nnc3c12. The third kappa shape index (κ3) is 3.15. The largest absolute Gasteiger partial charge is 0.288 e. The first-order valence-electron chi connectivity index (χ1n) is 9.06. The molecule has 0 fully saturated rings. The molecule has 0 saturated heterocycles. The molecule has 5 rings (SSSR count). The Hall–Kier alpha value is -2.87. The van der Waals surface area contributed by atoms with Gasteiger partial charge in [0.1, 0.15) is 15.0 Å². The van der Waals surface area contributed by atoms with Crippen LogP contribution in [0.4, 0.5) is 0 Å². The van der Waals surface area contributed by atoms with E-state index in [0.717, 1.165) is 16.6 Å². The highest BCUT2D eigenvalue weighted by molar-refractivity contribution is 7.25. The van der Waals surface area contributed by atoms with Crippen LogP contribution in [0.1, 0.15) is 11.3 Å². The summed E-state index contributed by atoms with van der Waals surface area (Å²) in [5, 5.41) is 10.1. The summed E-state index contributed by atoms with van der Waals surface area (Å²) in [5.41, 5.74) is 2.54. The molecule has 0 amide bonds. The molecule has 0 aliphatic rings. The van der Waals surface area contributed by atoms with Gasteiger partial charge in [0, 0.05) is 21.2 Å². The molecule has 0 bridgehead atoms. The van der Waals surface area contributed by atoms with E-state index in [1.54, 1.807) is 18.2 Å². The first-order chi connectivity index (χ1) is 14.5. The van der Waals surface area contributed by atoms with Crippen LogP contribution in [0.2, 0.25) is 10.0 Å². The third-order valence-electron chi connectivity index (χ3n) is 4.79. The van der Waals surface area contributed by atoms with E-state index < -0.39 is 0 Å². The Morgan fingerprint density at radius 1 is 1.00 bits per heavy atom. The molecule has 9 heteroatoms. The van der Waals surface area contributed by atoms with Crippen molar-refractivity contribution in [3.63, 3.8) is 0 Å². The predicted molar refractivity (Wildman–Crippen MR) is 121 cm³/mol. The Morgan fingerprint density at radius 3 is 2.47 bits per heavy atom. The van der Waals surface area contributed by atoms with Crippen molar-refractivity contribution in [3.05, 3.63) is 80.2 Å². The topological polar surface area (TPSA) is 73.6 Å². The van der Waals surface area contributed by atoms with Gasteiger partial charge >= 0.3 is 0 Å². The van der Waals surface area contributed by atoms with E-state index in [2.05, 4.69) is 20.3 Å². The number of nitrogens with zero attached hydrogens (tertiary/aromatic N) is 5. The lowest BCUT2D eigenvalue weighted by molar-refractivity contribution is 0.602. The van der Waals surface area contributed by atoms with Crippen LogP contribution in [0.25, 0.3) is 31.8 Å². The average Bonchev–Trinajstić information content (AvgIpc) is 3.13. The van der Waals surface area contributed by atoms with Gasteiger partial charge in [-0.25, -0.2) is 14.6 Å². The molecule has 0 atom stereocenters. The van der Waals surface area contributed by atoms with E-state index in [0.29, 0.717) is 36.5 Å². The number of hydrogen-bond donors (Lipinski definition) is 0. The molecule has 0 aliphatic carbocycles. The molecular weight excluding hydrogens is 441 g/mol. The van der Waals surface area contributed by atoms with Gasteiger partial charge in [-0.1, -0.05) is 64.8 Å². The van der Waals surface area contributed by atoms with Gasteiger partial charge < -0.3 is 0 Å². The van der Waals surface area contributed by atoms with Crippen LogP contribution in [0.5, 0.6) is 0 Å². The van der Waals surface area contributed by atoms with Gasteiger partial charge in [-0.15, -0.1) is 16.4 Å².